The number of aromatic nitrogens is 1. The Morgan fingerprint density at radius 2 is 2.00 bits per heavy atom. The maximum absolute atomic E-state index is 12.9. The van der Waals surface area contributed by atoms with Crippen molar-refractivity contribution in [3.63, 3.8) is 0 Å². The van der Waals surface area contributed by atoms with Crippen LogP contribution in [0.4, 0.5) is 0 Å². The number of fused-ring (bicyclic) bond motifs is 3. The number of hydrogen-bond acceptors (Lipinski definition) is 1. The van der Waals surface area contributed by atoms with Crippen molar-refractivity contribution in [2.24, 2.45) is 5.92 Å². The second kappa shape index (κ2) is 7.80. The van der Waals surface area contributed by atoms with Crippen molar-refractivity contribution in [1.82, 2.24) is 10.3 Å². The van der Waals surface area contributed by atoms with Gasteiger partial charge in [-0.3, -0.25) is 4.79 Å². The summed E-state index contributed by atoms with van der Waals surface area (Å²) < 4.78 is 0. The van der Waals surface area contributed by atoms with Gasteiger partial charge in [-0.1, -0.05) is 37.3 Å². The molecule has 0 saturated heterocycles. The highest BCUT2D eigenvalue weighted by atomic mass is 16.1. The van der Waals surface area contributed by atoms with E-state index >= 15 is 0 Å². The largest absolute Gasteiger partial charge is 0.358 e. The molecule has 1 heterocycles. The van der Waals surface area contributed by atoms with E-state index in [0.29, 0.717) is 12.5 Å². The summed E-state index contributed by atoms with van der Waals surface area (Å²) in [5, 5.41) is 4.37. The number of aromatic amines is 1. The number of likely N-dealkylation sites (N-methyl/N-ethyl adjacent to an activating group) is 1. The molecule has 1 amide bonds. The number of H-pyrrole nitrogens is 1. The van der Waals surface area contributed by atoms with Gasteiger partial charge in [-0.2, -0.15) is 0 Å². The minimum Gasteiger partial charge on any atom is -0.358 e. The molecule has 0 aliphatic heterocycles. The lowest BCUT2D eigenvalue weighted by Gasteiger charge is -2.22. The molecule has 0 unspecified atom stereocenters. The maximum Gasteiger partial charge on any atom is 0.251 e. The summed E-state index contributed by atoms with van der Waals surface area (Å²) in [4.78, 5) is 17.7. The second-order valence-electron chi connectivity index (χ2n) is 8.44. The molecule has 0 fully saturated rings. The number of carbonyl (C=O) groups is 1. The Bertz CT molecular complexity index is 974. The summed E-state index contributed by atoms with van der Waals surface area (Å²) >= 11 is 0. The van der Waals surface area contributed by atoms with E-state index in [0.717, 1.165) is 23.9 Å². The van der Waals surface area contributed by atoms with E-state index in [1.807, 2.05) is 12.1 Å². The molecule has 0 radical (unpaired) electrons. The topological polar surface area (TPSA) is 49.3 Å². The van der Waals surface area contributed by atoms with Gasteiger partial charge in [0.2, 0.25) is 0 Å². The van der Waals surface area contributed by atoms with Gasteiger partial charge < -0.3 is 15.2 Å². The number of nitrogens with one attached hydrogen (secondary N) is 3. The highest BCUT2D eigenvalue weighted by molar-refractivity contribution is 5.99. The lowest BCUT2D eigenvalue weighted by Crippen LogP contribution is -3.07. The molecular formula is C24H30N3O+. The molecule has 1 aromatic heterocycles. The van der Waals surface area contributed by atoms with Gasteiger partial charge in [0, 0.05) is 27.7 Å². The van der Waals surface area contributed by atoms with Crippen LogP contribution in [0.1, 0.15) is 46.6 Å². The molecule has 3 N–H and O–H groups in total. The van der Waals surface area contributed by atoms with Crippen LogP contribution in [0.2, 0.25) is 0 Å². The summed E-state index contributed by atoms with van der Waals surface area (Å²) in [6.45, 7) is 2.93. The first-order valence-corrected chi connectivity index (χ1v) is 10.3. The molecule has 1 aliphatic rings. The van der Waals surface area contributed by atoms with E-state index in [2.05, 4.69) is 67.7 Å². The molecule has 2 aromatic carbocycles. The Balaban J connectivity index is 1.53. The van der Waals surface area contributed by atoms with Gasteiger partial charge in [0.1, 0.15) is 6.04 Å². The average Bonchev–Trinajstić information content (AvgIpc) is 3.05. The standard InChI is InChI=1S/C24H29N3O/c1-16-9-11-21-19(13-16)20-14-18(10-12-22(20)26-21)24(28)25-15-23(27(2)3)17-7-5-4-6-8-17/h4-8,10,12,14,16,23,26H,9,11,13,15H2,1-3H3,(H,25,28)/p+1/t16-,23+/m0/s1. The van der Waals surface area contributed by atoms with E-state index < -0.39 is 0 Å². The number of benzene rings is 2. The molecule has 1 aliphatic carbocycles. The molecule has 28 heavy (non-hydrogen) atoms. The number of carbonyl (C=O) groups excluding carboxylic acids is 1. The van der Waals surface area contributed by atoms with E-state index in [4.69, 9.17) is 0 Å². The van der Waals surface area contributed by atoms with Crippen molar-refractivity contribution in [2.75, 3.05) is 20.6 Å². The van der Waals surface area contributed by atoms with Crippen molar-refractivity contribution in [2.45, 2.75) is 32.2 Å². The predicted octanol–water partition coefficient (Wildman–Crippen LogP) is 2.91. The highest BCUT2D eigenvalue weighted by Crippen LogP contribution is 2.32. The van der Waals surface area contributed by atoms with Crippen molar-refractivity contribution < 1.29 is 9.69 Å². The molecule has 3 aromatic rings. The normalized spacial score (nSPS) is 17.5. The molecule has 2 atom stereocenters. The fourth-order valence-corrected chi connectivity index (χ4v) is 4.37. The van der Waals surface area contributed by atoms with Crippen LogP contribution in [0.15, 0.2) is 48.5 Å². The van der Waals surface area contributed by atoms with Crippen molar-refractivity contribution in [3.8, 4) is 0 Å². The van der Waals surface area contributed by atoms with Crippen molar-refractivity contribution in [1.29, 1.82) is 0 Å². The SMILES string of the molecule is C[C@H]1CCc2[nH]c3ccc(C(=O)NC[C@H](c4ccccc4)[NH+](C)C)cc3c2C1. The van der Waals surface area contributed by atoms with Gasteiger partial charge in [-0.15, -0.1) is 0 Å². The zero-order valence-electron chi connectivity index (χ0n) is 17.0. The molecule has 4 rings (SSSR count). The molecule has 4 heteroatoms. The van der Waals surface area contributed by atoms with Gasteiger partial charge in [-0.25, -0.2) is 0 Å². The fraction of sp³-hybridized carbons (Fsp3) is 0.375. The molecule has 4 nitrogen and oxygen atoms in total. The smallest absolute Gasteiger partial charge is 0.251 e. The number of amides is 1. The number of quaternary nitrogens is 1. The molecule has 0 bridgehead atoms. The van der Waals surface area contributed by atoms with Crippen molar-refractivity contribution >= 4 is 16.8 Å². The van der Waals surface area contributed by atoms with Gasteiger partial charge in [0.25, 0.3) is 5.91 Å². The Morgan fingerprint density at radius 1 is 1.21 bits per heavy atom. The monoisotopic (exact) mass is 376 g/mol. The van der Waals surface area contributed by atoms with Gasteiger partial charge >= 0.3 is 0 Å². The van der Waals surface area contributed by atoms with Crippen LogP contribution in [0, 0.1) is 5.92 Å². The van der Waals surface area contributed by atoms with Crippen LogP contribution < -0.4 is 10.2 Å². The molecular weight excluding hydrogens is 346 g/mol. The summed E-state index contributed by atoms with van der Waals surface area (Å²) in [6.07, 6.45) is 3.44. The second-order valence-corrected chi connectivity index (χ2v) is 8.44. The summed E-state index contributed by atoms with van der Waals surface area (Å²) in [5.74, 6) is 0.710. The first kappa shape index (κ1) is 18.8. The van der Waals surface area contributed by atoms with E-state index in [-0.39, 0.29) is 11.9 Å². The Labute approximate surface area is 166 Å². The minimum atomic E-state index is 0.00268. The average molecular weight is 377 g/mol. The summed E-state index contributed by atoms with van der Waals surface area (Å²) in [7, 11) is 4.26. The van der Waals surface area contributed by atoms with Gasteiger partial charge in [-0.05, 0) is 48.9 Å². The Kier molecular flexibility index (Phi) is 5.23. The predicted molar refractivity (Wildman–Crippen MR) is 114 cm³/mol. The van der Waals surface area contributed by atoms with Crippen LogP contribution in [-0.4, -0.2) is 31.5 Å². The molecule has 0 spiro atoms. The van der Waals surface area contributed by atoms with Crippen LogP contribution in [0.5, 0.6) is 0 Å². The summed E-state index contributed by atoms with van der Waals surface area (Å²) in [5.41, 5.74) is 5.89. The first-order chi connectivity index (χ1) is 13.5. The lowest BCUT2D eigenvalue weighted by molar-refractivity contribution is -0.890. The number of rotatable bonds is 5. The van der Waals surface area contributed by atoms with Crippen LogP contribution in [0.3, 0.4) is 0 Å². The zero-order chi connectivity index (χ0) is 19.7. The van der Waals surface area contributed by atoms with Gasteiger partial charge in [0.05, 0.1) is 20.6 Å². The Hall–Kier alpha value is -2.59. The number of aryl methyl sites for hydroxylation is 1. The lowest BCUT2D eigenvalue weighted by atomic mass is 9.87. The van der Waals surface area contributed by atoms with Gasteiger partial charge in [0.15, 0.2) is 0 Å². The third-order valence-corrected chi connectivity index (χ3v) is 6.06. The van der Waals surface area contributed by atoms with E-state index in [1.165, 1.54) is 33.5 Å². The third kappa shape index (κ3) is 3.69. The number of hydrogen-bond donors (Lipinski definition) is 3. The van der Waals surface area contributed by atoms with Crippen molar-refractivity contribution in [3.05, 3.63) is 70.9 Å². The highest BCUT2D eigenvalue weighted by Gasteiger charge is 2.22. The minimum absolute atomic E-state index is 0.00268. The molecule has 146 valence electrons. The maximum atomic E-state index is 12.9. The quantitative estimate of drug-likeness (QED) is 0.630. The van der Waals surface area contributed by atoms with E-state index in [1.54, 1.807) is 0 Å². The van der Waals surface area contributed by atoms with Crippen LogP contribution in [-0.2, 0) is 12.8 Å². The third-order valence-electron chi connectivity index (χ3n) is 6.06. The van der Waals surface area contributed by atoms with Crippen LogP contribution >= 0.6 is 0 Å². The first-order valence-electron chi connectivity index (χ1n) is 10.3. The molecule has 0 saturated carbocycles. The van der Waals surface area contributed by atoms with E-state index in [9.17, 15) is 4.79 Å². The zero-order valence-corrected chi connectivity index (χ0v) is 17.0. The Morgan fingerprint density at radius 3 is 2.75 bits per heavy atom. The summed E-state index contributed by atoms with van der Waals surface area (Å²) in [6, 6.07) is 16.7. The van der Waals surface area contributed by atoms with Crippen LogP contribution in [0.25, 0.3) is 10.9 Å². The fourth-order valence-electron chi connectivity index (χ4n) is 4.37.